The quantitative estimate of drug-likeness (QED) is 0.446. The average molecular weight is 576 g/mol. The summed E-state index contributed by atoms with van der Waals surface area (Å²) in [6, 6.07) is 8.25. The molecule has 1 aliphatic heterocycles. The fourth-order valence-electron chi connectivity index (χ4n) is 4.76. The molecule has 1 aliphatic carbocycles. The van der Waals surface area contributed by atoms with Gasteiger partial charge in [0.15, 0.2) is 0 Å². The third kappa shape index (κ3) is 4.89. The highest BCUT2D eigenvalue weighted by Gasteiger charge is 2.36. The van der Waals surface area contributed by atoms with E-state index in [-0.39, 0.29) is 27.4 Å². The minimum absolute atomic E-state index is 0.00240. The normalized spacial score (nSPS) is 19.1. The van der Waals surface area contributed by atoms with Gasteiger partial charge < -0.3 is 10.1 Å². The zero-order chi connectivity index (χ0) is 27.0. The number of nitrogens with one attached hydrogen (secondary N) is 1. The number of fused-ring (bicyclic) bond motifs is 1. The number of aromatic nitrogens is 3. The Morgan fingerprint density at radius 1 is 1.18 bits per heavy atom. The fraction of sp³-hybridized carbons (Fsp3) is 0.280. The van der Waals surface area contributed by atoms with Gasteiger partial charge in [0.1, 0.15) is 6.04 Å². The Bertz CT molecular complexity index is 1560. The molecule has 0 radical (unpaired) electrons. The van der Waals surface area contributed by atoms with Crippen LogP contribution in [-0.2, 0) is 32.4 Å². The molecule has 10 nitrogen and oxygen atoms in total. The van der Waals surface area contributed by atoms with Crippen molar-refractivity contribution in [1.82, 2.24) is 24.6 Å². The van der Waals surface area contributed by atoms with E-state index >= 15 is 0 Å². The first-order valence-electron chi connectivity index (χ1n) is 11.8. The first kappa shape index (κ1) is 26.2. The van der Waals surface area contributed by atoms with E-state index in [4.69, 9.17) is 27.9 Å². The van der Waals surface area contributed by atoms with Crippen LogP contribution >= 0.6 is 23.2 Å². The van der Waals surface area contributed by atoms with Crippen LogP contribution in [-0.4, -0.2) is 52.7 Å². The maximum Gasteiger partial charge on any atom is 0.337 e. The summed E-state index contributed by atoms with van der Waals surface area (Å²) >= 11 is 12.0. The van der Waals surface area contributed by atoms with Gasteiger partial charge in [-0.25, -0.2) is 17.9 Å². The number of ether oxygens (including phenoxy) is 1. The summed E-state index contributed by atoms with van der Waals surface area (Å²) < 4.78 is 34.4. The van der Waals surface area contributed by atoms with Gasteiger partial charge in [-0.05, 0) is 60.7 Å². The monoisotopic (exact) mass is 575 g/mol. The van der Waals surface area contributed by atoms with Crippen molar-refractivity contribution in [3.8, 4) is 0 Å². The largest absolute Gasteiger partial charge is 0.465 e. The Hall–Kier alpha value is -3.41. The predicted molar refractivity (Wildman–Crippen MR) is 139 cm³/mol. The van der Waals surface area contributed by atoms with E-state index in [0.717, 1.165) is 34.7 Å². The molecule has 198 valence electrons. The molecule has 2 aromatic carbocycles. The molecule has 2 unspecified atom stereocenters. The molecular weight excluding hydrogens is 553 g/mol. The van der Waals surface area contributed by atoms with E-state index in [2.05, 4.69) is 15.6 Å². The van der Waals surface area contributed by atoms with E-state index < -0.39 is 27.9 Å². The predicted octanol–water partition coefficient (Wildman–Crippen LogP) is 3.50. The van der Waals surface area contributed by atoms with E-state index in [1.807, 2.05) is 12.1 Å². The van der Waals surface area contributed by atoms with E-state index in [0.29, 0.717) is 11.3 Å². The number of carbonyl (C=O) groups is 2. The van der Waals surface area contributed by atoms with Crippen LogP contribution in [0.5, 0.6) is 0 Å². The summed E-state index contributed by atoms with van der Waals surface area (Å²) in [4.78, 5) is 24.6. The number of aryl methyl sites for hydroxylation is 1. The number of nitrogens with zero attached hydrogens (tertiary/aromatic N) is 4. The Balaban J connectivity index is 1.41. The Kier molecular flexibility index (Phi) is 7.17. The second-order valence-electron chi connectivity index (χ2n) is 8.96. The first-order valence-corrected chi connectivity index (χ1v) is 14.0. The van der Waals surface area contributed by atoms with Gasteiger partial charge in [0, 0.05) is 25.0 Å². The van der Waals surface area contributed by atoms with Gasteiger partial charge in [-0.3, -0.25) is 9.10 Å². The van der Waals surface area contributed by atoms with Gasteiger partial charge in [-0.1, -0.05) is 34.5 Å². The van der Waals surface area contributed by atoms with Crippen molar-refractivity contribution in [3.05, 3.63) is 87.4 Å². The number of sulfonamides is 1. The van der Waals surface area contributed by atoms with Gasteiger partial charge in [0.2, 0.25) is 5.91 Å². The number of methoxy groups -OCH3 is 1. The maximum absolute atomic E-state index is 13.4. The summed E-state index contributed by atoms with van der Waals surface area (Å²) in [6.07, 6.45) is 6.83. The number of hydrogen-bond acceptors (Lipinski definition) is 7. The van der Waals surface area contributed by atoms with Gasteiger partial charge in [-0.15, -0.1) is 5.10 Å². The minimum Gasteiger partial charge on any atom is -0.465 e. The second-order valence-corrected chi connectivity index (χ2v) is 11.6. The van der Waals surface area contributed by atoms with Crippen molar-refractivity contribution in [1.29, 1.82) is 0 Å². The summed E-state index contributed by atoms with van der Waals surface area (Å²) in [6.45, 7) is 0. The molecule has 2 heterocycles. The van der Waals surface area contributed by atoms with Crippen LogP contribution in [0.15, 0.2) is 59.9 Å². The zero-order valence-electron chi connectivity index (χ0n) is 20.2. The van der Waals surface area contributed by atoms with Crippen LogP contribution in [0.1, 0.15) is 46.1 Å². The third-order valence-corrected chi connectivity index (χ3v) is 9.17. The third-order valence-electron chi connectivity index (χ3n) is 6.65. The van der Waals surface area contributed by atoms with Crippen LogP contribution in [0, 0.1) is 0 Å². The van der Waals surface area contributed by atoms with Gasteiger partial charge in [0.05, 0.1) is 39.3 Å². The molecule has 2 atom stereocenters. The first-order chi connectivity index (χ1) is 18.2. The highest BCUT2D eigenvalue weighted by Crippen LogP contribution is 2.34. The van der Waals surface area contributed by atoms with Crippen molar-refractivity contribution < 1.29 is 22.7 Å². The summed E-state index contributed by atoms with van der Waals surface area (Å²) in [5.74, 6) is -0.887. The molecule has 0 fully saturated rings. The van der Waals surface area contributed by atoms with Crippen LogP contribution < -0.4 is 5.32 Å². The number of hydrogen-bond donors (Lipinski definition) is 1. The summed E-state index contributed by atoms with van der Waals surface area (Å²) in [7, 11) is -2.77. The molecule has 0 bridgehead atoms. The molecule has 3 aromatic rings. The lowest BCUT2D eigenvalue weighted by molar-refractivity contribution is -0.124. The van der Waals surface area contributed by atoms with Crippen molar-refractivity contribution in [2.75, 3.05) is 7.11 Å². The van der Waals surface area contributed by atoms with Crippen LogP contribution in [0.4, 0.5) is 0 Å². The molecule has 13 heteroatoms. The summed E-state index contributed by atoms with van der Waals surface area (Å²) in [5.41, 5.74) is 3.01. The standard InChI is InChI=1S/C25H23Cl2N5O5S/c1-37-25(34)16-5-7-19-15(11-16)3-2-4-22(19)31-14-17(29-30-31)12-23-24(33)28-9-10-32(23)38(35,36)18-6-8-20(26)21(27)13-18/h5-11,13-14,22-23H,2-4,12H2,1H3,(H,28,33). The molecule has 0 spiro atoms. The molecule has 1 amide bonds. The minimum atomic E-state index is -4.12. The molecule has 38 heavy (non-hydrogen) atoms. The Labute approximate surface area is 229 Å². The van der Waals surface area contributed by atoms with Crippen molar-refractivity contribution in [2.24, 2.45) is 0 Å². The Morgan fingerprint density at radius 3 is 2.76 bits per heavy atom. The molecule has 2 aliphatic rings. The lowest BCUT2D eigenvalue weighted by Gasteiger charge is -2.31. The number of rotatable bonds is 6. The van der Waals surface area contributed by atoms with E-state index in [1.165, 1.54) is 37.7 Å². The topological polar surface area (TPSA) is 123 Å². The van der Waals surface area contributed by atoms with Crippen LogP contribution in [0.2, 0.25) is 10.0 Å². The molecule has 0 saturated heterocycles. The highest BCUT2D eigenvalue weighted by atomic mass is 35.5. The average Bonchev–Trinajstić information content (AvgIpc) is 3.38. The number of benzene rings is 2. The van der Waals surface area contributed by atoms with Gasteiger partial charge in [-0.2, -0.15) is 0 Å². The lowest BCUT2D eigenvalue weighted by atomic mass is 9.86. The number of esters is 1. The number of amides is 1. The fourth-order valence-corrected chi connectivity index (χ4v) is 6.60. The van der Waals surface area contributed by atoms with Gasteiger partial charge in [0.25, 0.3) is 10.0 Å². The van der Waals surface area contributed by atoms with Gasteiger partial charge >= 0.3 is 5.97 Å². The molecular formula is C25H23Cl2N5O5S. The van der Waals surface area contributed by atoms with E-state index in [1.54, 1.807) is 16.9 Å². The smallest absolute Gasteiger partial charge is 0.337 e. The molecule has 1 aromatic heterocycles. The van der Waals surface area contributed by atoms with Crippen molar-refractivity contribution >= 4 is 45.1 Å². The number of carbonyl (C=O) groups excluding carboxylic acids is 2. The van der Waals surface area contributed by atoms with Crippen molar-refractivity contribution in [3.63, 3.8) is 0 Å². The van der Waals surface area contributed by atoms with Crippen molar-refractivity contribution in [2.45, 2.75) is 42.7 Å². The van der Waals surface area contributed by atoms with E-state index in [9.17, 15) is 18.0 Å². The van der Waals surface area contributed by atoms with Crippen LogP contribution in [0.25, 0.3) is 0 Å². The number of halogens is 2. The zero-order valence-corrected chi connectivity index (χ0v) is 22.5. The second kappa shape index (κ2) is 10.4. The summed E-state index contributed by atoms with van der Waals surface area (Å²) in [5, 5.41) is 11.4. The lowest BCUT2D eigenvalue weighted by Crippen LogP contribution is -2.50. The SMILES string of the molecule is COC(=O)c1ccc2c(c1)CCCC2n1cc(CC2C(=O)NC=CN2S(=O)(=O)c2ccc(Cl)c(Cl)c2)nn1. The molecule has 1 N–H and O–H groups in total. The Morgan fingerprint density at radius 2 is 2.00 bits per heavy atom. The van der Waals surface area contributed by atoms with Crippen LogP contribution in [0.3, 0.4) is 0 Å². The highest BCUT2D eigenvalue weighted by molar-refractivity contribution is 7.89. The molecule has 0 saturated carbocycles. The maximum atomic E-state index is 13.4. The molecule has 5 rings (SSSR count).